The molecule has 2 N–H and O–H groups in total. The lowest BCUT2D eigenvalue weighted by Crippen LogP contribution is -2.58. The lowest BCUT2D eigenvalue weighted by molar-refractivity contribution is -0.181. The summed E-state index contributed by atoms with van der Waals surface area (Å²) in [7, 11) is 1.90. The third-order valence-electron chi connectivity index (χ3n) is 8.86. The smallest absolute Gasteiger partial charge is 0.0650 e. The summed E-state index contributed by atoms with van der Waals surface area (Å²) in [5, 5.41) is 20.3. The molecule has 4 fully saturated rings. The second-order valence-corrected chi connectivity index (χ2v) is 9.50. The van der Waals surface area contributed by atoms with E-state index in [1.165, 1.54) is 25.7 Å². The van der Waals surface area contributed by atoms with E-state index in [9.17, 15) is 10.2 Å². The third kappa shape index (κ3) is 1.99. The van der Waals surface area contributed by atoms with E-state index in [0.717, 1.165) is 37.5 Å². The van der Waals surface area contributed by atoms with Crippen molar-refractivity contribution in [2.45, 2.75) is 76.9 Å². The highest BCUT2D eigenvalue weighted by molar-refractivity contribution is 5.25. The molecule has 8 atom stereocenters. The summed E-state index contributed by atoms with van der Waals surface area (Å²) in [5.74, 6) is 2.52. The quantitative estimate of drug-likeness (QED) is 0.834. The normalized spacial score (nSPS) is 57.5. The van der Waals surface area contributed by atoms with Gasteiger partial charge in [0.1, 0.15) is 0 Å². The molecular weight excluding hydrogens is 288 g/mol. The van der Waals surface area contributed by atoms with Gasteiger partial charge in [-0.2, -0.15) is 0 Å². The zero-order chi connectivity index (χ0) is 16.5. The van der Waals surface area contributed by atoms with Crippen molar-refractivity contribution < 1.29 is 14.9 Å². The number of ether oxygens (including phenoxy) is 1. The Labute approximate surface area is 140 Å². The van der Waals surface area contributed by atoms with E-state index in [2.05, 4.69) is 6.92 Å². The van der Waals surface area contributed by atoms with Gasteiger partial charge in [-0.15, -0.1) is 0 Å². The number of fused-ring (bicyclic) bond motifs is 2. The number of aliphatic hydroxyl groups is 2. The van der Waals surface area contributed by atoms with Crippen LogP contribution < -0.4 is 0 Å². The Kier molecular flexibility index (Phi) is 3.69. The average Bonchev–Trinajstić information content (AvgIpc) is 3.16. The van der Waals surface area contributed by atoms with Crippen LogP contribution in [0, 0.1) is 34.5 Å². The molecule has 132 valence electrons. The zero-order valence-electron chi connectivity index (χ0n) is 15.1. The van der Waals surface area contributed by atoms with Crippen LogP contribution >= 0.6 is 0 Å². The predicted molar refractivity (Wildman–Crippen MR) is 89.9 cm³/mol. The summed E-state index contributed by atoms with van der Waals surface area (Å²) < 4.78 is 6.05. The number of methoxy groups -OCH3 is 1. The van der Waals surface area contributed by atoms with Gasteiger partial charge in [-0.05, 0) is 87.4 Å². The molecule has 3 heteroatoms. The van der Waals surface area contributed by atoms with Gasteiger partial charge in [0.15, 0.2) is 0 Å². The van der Waals surface area contributed by atoms with Crippen LogP contribution in [0.1, 0.15) is 65.2 Å². The molecule has 23 heavy (non-hydrogen) atoms. The van der Waals surface area contributed by atoms with Crippen LogP contribution in [0.25, 0.3) is 0 Å². The number of aliphatic hydroxyl groups excluding tert-OH is 1. The van der Waals surface area contributed by atoms with Gasteiger partial charge < -0.3 is 14.9 Å². The van der Waals surface area contributed by atoms with Crippen LogP contribution in [0.15, 0.2) is 0 Å². The van der Waals surface area contributed by atoms with Crippen molar-refractivity contribution in [3.05, 3.63) is 0 Å². The molecule has 0 radical (unpaired) electrons. The van der Waals surface area contributed by atoms with Gasteiger partial charge in [-0.1, -0.05) is 6.92 Å². The molecule has 0 aromatic rings. The molecule has 0 heterocycles. The van der Waals surface area contributed by atoms with Crippen LogP contribution in [0.5, 0.6) is 0 Å². The van der Waals surface area contributed by atoms with E-state index >= 15 is 0 Å². The molecule has 3 nitrogen and oxygen atoms in total. The molecule has 4 aliphatic carbocycles. The maximum atomic E-state index is 11.0. The first kappa shape index (κ1) is 16.4. The molecule has 0 saturated heterocycles. The van der Waals surface area contributed by atoms with Crippen LogP contribution in [0.4, 0.5) is 0 Å². The first-order valence-electron chi connectivity index (χ1n) is 9.77. The molecule has 0 aromatic carbocycles. The Balaban J connectivity index is 1.68. The van der Waals surface area contributed by atoms with Gasteiger partial charge in [0.25, 0.3) is 0 Å². The van der Waals surface area contributed by atoms with E-state index in [0.29, 0.717) is 28.8 Å². The summed E-state index contributed by atoms with van der Waals surface area (Å²) in [4.78, 5) is 0. The molecule has 0 bridgehead atoms. The van der Waals surface area contributed by atoms with Crippen molar-refractivity contribution >= 4 is 0 Å². The summed E-state index contributed by atoms with van der Waals surface area (Å²) in [6, 6.07) is 0. The molecule has 4 saturated carbocycles. The first-order valence-corrected chi connectivity index (χ1v) is 9.77. The van der Waals surface area contributed by atoms with Crippen molar-refractivity contribution in [2.75, 3.05) is 13.7 Å². The van der Waals surface area contributed by atoms with Gasteiger partial charge in [0.2, 0.25) is 0 Å². The van der Waals surface area contributed by atoms with Crippen molar-refractivity contribution in [1.29, 1.82) is 0 Å². The highest BCUT2D eigenvalue weighted by atomic mass is 16.5. The molecular formula is C20H34O3. The van der Waals surface area contributed by atoms with Gasteiger partial charge in [0.05, 0.1) is 11.7 Å². The molecule has 4 aliphatic rings. The second kappa shape index (κ2) is 5.19. The van der Waals surface area contributed by atoms with Gasteiger partial charge >= 0.3 is 0 Å². The molecule has 0 amide bonds. The maximum absolute atomic E-state index is 11.0. The van der Waals surface area contributed by atoms with E-state index in [1.54, 1.807) is 0 Å². The van der Waals surface area contributed by atoms with Gasteiger partial charge in [0, 0.05) is 19.1 Å². The molecule has 4 rings (SSSR count). The van der Waals surface area contributed by atoms with Gasteiger partial charge in [-0.3, -0.25) is 0 Å². The minimum absolute atomic E-state index is 0.237. The minimum atomic E-state index is -0.572. The van der Waals surface area contributed by atoms with Crippen molar-refractivity contribution in [3.63, 3.8) is 0 Å². The Bertz CT molecular complexity index is 476. The Hall–Kier alpha value is -0.120. The van der Waals surface area contributed by atoms with E-state index < -0.39 is 5.60 Å². The van der Waals surface area contributed by atoms with Crippen LogP contribution in [0.3, 0.4) is 0 Å². The predicted octanol–water partition coefficient (Wildman–Crippen LogP) is 3.38. The molecule has 1 spiro atoms. The first-order chi connectivity index (χ1) is 10.9. The minimum Gasteiger partial charge on any atom is -0.396 e. The van der Waals surface area contributed by atoms with E-state index in [1.807, 2.05) is 14.0 Å². The SMILES string of the molecule is CO[C@@H]1C[C@H]2C(CCCO)[C@@](C)(O)CC[C@@H]2[C@@]2(C)CC[C@H]3C[C@]312. The number of hydrogen-bond acceptors (Lipinski definition) is 3. The highest BCUT2D eigenvalue weighted by Crippen LogP contribution is 2.81. The number of hydrogen-bond donors (Lipinski definition) is 2. The zero-order valence-corrected chi connectivity index (χ0v) is 15.1. The van der Waals surface area contributed by atoms with Crippen LogP contribution in [-0.4, -0.2) is 35.6 Å². The lowest BCUT2D eigenvalue weighted by atomic mass is 9.47. The maximum Gasteiger partial charge on any atom is 0.0650 e. The lowest BCUT2D eigenvalue weighted by Gasteiger charge is -2.60. The fourth-order valence-corrected chi connectivity index (χ4v) is 7.72. The standard InChI is InChI=1S/C20H34O3/c1-18-8-6-13-12-20(13,18)17(23-3)11-14-15(18)7-9-19(2,22)16(14)5-4-10-21/h13-17,21-22H,4-12H2,1-3H3/t13-,14+,15-,16?,17+,18+,19-,20-/m0/s1. The highest BCUT2D eigenvalue weighted by Gasteiger charge is 2.77. The molecule has 0 aromatic heterocycles. The largest absolute Gasteiger partial charge is 0.396 e. The van der Waals surface area contributed by atoms with Crippen LogP contribution in [0.2, 0.25) is 0 Å². The summed E-state index contributed by atoms with van der Waals surface area (Å²) in [5.41, 5.74) is 0.292. The fourth-order valence-electron chi connectivity index (χ4n) is 7.72. The Morgan fingerprint density at radius 2 is 1.96 bits per heavy atom. The van der Waals surface area contributed by atoms with Crippen molar-refractivity contribution in [3.8, 4) is 0 Å². The number of rotatable bonds is 4. The molecule has 1 unspecified atom stereocenters. The summed E-state index contributed by atoms with van der Waals surface area (Å²) >= 11 is 0. The average molecular weight is 322 g/mol. The second-order valence-electron chi connectivity index (χ2n) is 9.50. The van der Waals surface area contributed by atoms with Gasteiger partial charge in [-0.25, -0.2) is 0 Å². The Morgan fingerprint density at radius 1 is 1.17 bits per heavy atom. The Morgan fingerprint density at radius 3 is 2.61 bits per heavy atom. The molecule has 0 aliphatic heterocycles. The monoisotopic (exact) mass is 322 g/mol. The summed E-state index contributed by atoms with van der Waals surface area (Å²) in [6.45, 7) is 4.82. The van der Waals surface area contributed by atoms with Crippen molar-refractivity contribution in [1.82, 2.24) is 0 Å². The van der Waals surface area contributed by atoms with E-state index in [4.69, 9.17) is 4.74 Å². The van der Waals surface area contributed by atoms with Crippen molar-refractivity contribution in [2.24, 2.45) is 34.5 Å². The van der Waals surface area contributed by atoms with Crippen LogP contribution in [-0.2, 0) is 4.74 Å². The topological polar surface area (TPSA) is 49.7 Å². The third-order valence-corrected chi connectivity index (χ3v) is 8.86. The van der Waals surface area contributed by atoms with E-state index in [-0.39, 0.29) is 6.61 Å². The fraction of sp³-hybridized carbons (Fsp3) is 1.00. The summed E-state index contributed by atoms with van der Waals surface area (Å²) in [6.07, 6.45) is 9.49.